The van der Waals surface area contributed by atoms with Crippen molar-refractivity contribution in [1.29, 1.82) is 0 Å². The van der Waals surface area contributed by atoms with E-state index in [9.17, 15) is 4.79 Å². The van der Waals surface area contributed by atoms with Crippen LogP contribution >= 0.6 is 31.9 Å². The summed E-state index contributed by atoms with van der Waals surface area (Å²) in [5.41, 5.74) is 0.499. The van der Waals surface area contributed by atoms with Gasteiger partial charge in [0.2, 0.25) is 0 Å². The van der Waals surface area contributed by atoms with Crippen LogP contribution in [0.3, 0.4) is 0 Å². The maximum absolute atomic E-state index is 12.1. The monoisotopic (exact) mass is 347 g/mol. The van der Waals surface area contributed by atoms with Gasteiger partial charge in [-0.2, -0.15) is 0 Å². The van der Waals surface area contributed by atoms with Gasteiger partial charge in [0.15, 0.2) is 5.78 Å². The van der Waals surface area contributed by atoms with Crippen LogP contribution in [0.25, 0.3) is 0 Å². The summed E-state index contributed by atoms with van der Waals surface area (Å²) >= 11 is 6.67. The topological polar surface area (TPSA) is 39.2 Å². The average Bonchev–Trinajstić information content (AvgIpc) is 2.29. The van der Waals surface area contributed by atoms with Crippen molar-refractivity contribution in [2.75, 3.05) is 13.2 Å². The molecule has 1 fully saturated rings. The van der Waals surface area contributed by atoms with Crippen LogP contribution in [-0.2, 0) is 4.74 Å². The summed E-state index contributed by atoms with van der Waals surface area (Å²) in [5.74, 6) is 0.0257. The number of halogens is 2. The second kappa shape index (κ2) is 5.38. The third kappa shape index (κ3) is 2.70. The highest BCUT2D eigenvalue weighted by atomic mass is 79.9. The Kier molecular flexibility index (Phi) is 4.10. The highest BCUT2D eigenvalue weighted by molar-refractivity contribution is 9.11. The molecule has 0 saturated carbocycles. The number of hydrogen-bond donors (Lipinski definition) is 0. The lowest BCUT2D eigenvalue weighted by Gasteiger charge is -2.20. The highest BCUT2D eigenvalue weighted by Gasteiger charge is 2.25. The fourth-order valence-electron chi connectivity index (χ4n) is 1.74. The largest absolute Gasteiger partial charge is 0.381 e. The van der Waals surface area contributed by atoms with E-state index in [-0.39, 0.29) is 11.7 Å². The first-order chi connectivity index (χ1) is 7.68. The Morgan fingerprint density at radius 2 is 2.31 bits per heavy atom. The van der Waals surface area contributed by atoms with Gasteiger partial charge in [-0.25, -0.2) is 0 Å². The molecule has 0 N–H and O–H groups in total. The quantitative estimate of drug-likeness (QED) is 0.770. The molecular formula is C11H11Br2NO2. The molecule has 0 spiro atoms. The van der Waals surface area contributed by atoms with Crippen LogP contribution in [0.5, 0.6) is 0 Å². The Morgan fingerprint density at radius 1 is 1.50 bits per heavy atom. The summed E-state index contributed by atoms with van der Waals surface area (Å²) in [5, 5.41) is 0. The molecule has 0 radical (unpaired) electrons. The highest BCUT2D eigenvalue weighted by Crippen LogP contribution is 2.24. The molecule has 0 aliphatic carbocycles. The Balaban J connectivity index is 2.19. The lowest BCUT2D eigenvalue weighted by Crippen LogP contribution is -2.26. The first-order valence-corrected chi connectivity index (χ1v) is 6.70. The number of nitrogens with zero attached hydrogens (tertiary/aromatic N) is 1. The molecular weight excluding hydrogens is 338 g/mol. The van der Waals surface area contributed by atoms with Gasteiger partial charge >= 0.3 is 0 Å². The van der Waals surface area contributed by atoms with Crippen molar-refractivity contribution in [3.8, 4) is 0 Å². The van der Waals surface area contributed by atoms with E-state index in [0.717, 1.165) is 28.4 Å². The molecule has 16 heavy (non-hydrogen) atoms. The second-order valence-corrected chi connectivity index (χ2v) is 5.53. The molecule has 0 amide bonds. The van der Waals surface area contributed by atoms with Crippen LogP contribution in [-0.4, -0.2) is 24.0 Å². The lowest BCUT2D eigenvalue weighted by atomic mass is 9.95. The summed E-state index contributed by atoms with van der Waals surface area (Å²) in [6.07, 6.45) is 3.48. The van der Waals surface area contributed by atoms with Crippen LogP contribution in [0.15, 0.2) is 21.2 Å². The molecule has 1 aliphatic heterocycles. The van der Waals surface area contributed by atoms with Gasteiger partial charge in [0.1, 0.15) is 5.69 Å². The number of rotatable bonds is 2. The Hall–Kier alpha value is -0.260. The fraction of sp³-hybridized carbons (Fsp3) is 0.455. The van der Waals surface area contributed by atoms with Gasteiger partial charge in [-0.05, 0) is 50.8 Å². The first-order valence-electron chi connectivity index (χ1n) is 5.11. The van der Waals surface area contributed by atoms with Gasteiger partial charge < -0.3 is 4.74 Å². The van der Waals surface area contributed by atoms with Gasteiger partial charge in [0.25, 0.3) is 0 Å². The van der Waals surface area contributed by atoms with Crippen molar-refractivity contribution in [2.45, 2.75) is 12.8 Å². The average molecular weight is 349 g/mol. The van der Waals surface area contributed by atoms with E-state index in [2.05, 4.69) is 36.8 Å². The fourth-order valence-corrected chi connectivity index (χ4v) is 2.92. The molecule has 0 aromatic carbocycles. The minimum absolute atomic E-state index is 0.0428. The molecule has 2 heterocycles. The van der Waals surface area contributed by atoms with Gasteiger partial charge in [0.05, 0.1) is 6.61 Å². The number of pyridine rings is 1. The van der Waals surface area contributed by atoms with Crippen molar-refractivity contribution in [1.82, 2.24) is 4.98 Å². The van der Waals surface area contributed by atoms with Crippen molar-refractivity contribution in [3.05, 3.63) is 26.9 Å². The first kappa shape index (κ1) is 12.2. The van der Waals surface area contributed by atoms with E-state index in [1.807, 2.05) is 6.07 Å². The molecule has 1 aliphatic rings. The normalized spacial score (nSPS) is 20.8. The summed E-state index contributed by atoms with van der Waals surface area (Å²) in [7, 11) is 0. The van der Waals surface area contributed by atoms with E-state index in [1.54, 1.807) is 6.20 Å². The van der Waals surface area contributed by atoms with Crippen LogP contribution in [0, 0.1) is 5.92 Å². The maximum Gasteiger partial charge on any atom is 0.187 e. The zero-order valence-corrected chi connectivity index (χ0v) is 11.8. The zero-order valence-electron chi connectivity index (χ0n) is 8.58. The standard InChI is InChI=1S/C11H11Br2NO2/c12-8-4-9(13)10(14-5-8)11(15)7-2-1-3-16-6-7/h4-5,7H,1-3,6H2. The van der Waals surface area contributed by atoms with Crippen LogP contribution < -0.4 is 0 Å². The lowest BCUT2D eigenvalue weighted by molar-refractivity contribution is 0.0457. The number of ether oxygens (including phenoxy) is 1. The minimum Gasteiger partial charge on any atom is -0.381 e. The van der Waals surface area contributed by atoms with Crippen molar-refractivity contribution in [3.63, 3.8) is 0 Å². The molecule has 1 aromatic heterocycles. The number of ketones is 1. The molecule has 0 bridgehead atoms. The van der Waals surface area contributed by atoms with Crippen LogP contribution in [0.2, 0.25) is 0 Å². The van der Waals surface area contributed by atoms with Crippen LogP contribution in [0.1, 0.15) is 23.3 Å². The predicted molar refractivity (Wildman–Crippen MR) is 67.5 cm³/mol. The minimum atomic E-state index is -0.0428. The van der Waals surface area contributed by atoms with E-state index in [0.29, 0.717) is 12.3 Å². The third-order valence-corrected chi connectivity index (χ3v) is 3.61. The van der Waals surface area contributed by atoms with E-state index in [4.69, 9.17) is 4.74 Å². The molecule has 1 atom stereocenters. The second-order valence-electron chi connectivity index (χ2n) is 3.76. The third-order valence-electron chi connectivity index (χ3n) is 2.57. The Labute approximate surface area is 111 Å². The summed E-state index contributed by atoms with van der Waals surface area (Å²) in [6, 6.07) is 1.84. The summed E-state index contributed by atoms with van der Waals surface area (Å²) < 4.78 is 6.91. The van der Waals surface area contributed by atoms with E-state index < -0.39 is 0 Å². The van der Waals surface area contributed by atoms with Crippen LogP contribution in [0.4, 0.5) is 0 Å². The smallest absolute Gasteiger partial charge is 0.187 e. The number of carbonyl (C=O) groups excluding carboxylic acids is 1. The zero-order chi connectivity index (χ0) is 11.5. The number of hydrogen-bond acceptors (Lipinski definition) is 3. The Morgan fingerprint density at radius 3 is 2.94 bits per heavy atom. The van der Waals surface area contributed by atoms with E-state index in [1.165, 1.54) is 0 Å². The maximum atomic E-state index is 12.1. The molecule has 2 rings (SSSR count). The molecule has 1 aromatic rings. The van der Waals surface area contributed by atoms with Crippen molar-refractivity contribution < 1.29 is 9.53 Å². The van der Waals surface area contributed by atoms with Crippen molar-refractivity contribution >= 4 is 37.6 Å². The predicted octanol–water partition coefficient (Wildman–Crippen LogP) is 3.22. The Bertz CT molecular complexity index is 403. The number of aromatic nitrogens is 1. The van der Waals surface area contributed by atoms with E-state index >= 15 is 0 Å². The van der Waals surface area contributed by atoms with Gasteiger partial charge in [-0.1, -0.05) is 0 Å². The molecule has 86 valence electrons. The van der Waals surface area contributed by atoms with Gasteiger partial charge in [-0.3, -0.25) is 9.78 Å². The summed E-state index contributed by atoms with van der Waals surface area (Å²) in [4.78, 5) is 16.3. The SMILES string of the molecule is O=C(c1ncc(Br)cc1Br)C1CCCOC1. The number of Topliss-reactive ketones (excluding diaryl/α,β-unsaturated/α-hetero) is 1. The van der Waals surface area contributed by atoms with Gasteiger partial charge in [0, 0.05) is 27.7 Å². The molecule has 1 saturated heterocycles. The molecule has 5 heteroatoms. The summed E-state index contributed by atoms with van der Waals surface area (Å²) in [6.45, 7) is 1.28. The molecule has 1 unspecified atom stereocenters. The van der Waals surface area contributed by atoms with Gasteiger partial charge in [-0.15, -0.1) is 0 Å². The molecule has 3 nitrogen and oxygen atoms in total. The number of carbonyl (C=O) groups is 1. The van der Waals surface area contributed by atoms with Crippen molar-refractivity contribution in [2.24, 2.45) is 5.92 Å².